The molecule has 2 aromatic rings. The Morgan fingerprint density at radius 3 is 2.94 bits per heavy atom. The number of hydrogen-bond acceptors (Lipinski definition) is 3. The van der Waals surface area contributed by atoms with Crippen molar-refractivity contribution in [2.45, 2.75) is 13.5 Å². The van der Waals surface area contributed by atoms with Crippen molar-refractivity contribution in [3.05, 3.63) is 50.1 Å². The fourth-order valence-corrected chi connectivity index (χ4v) is 2.75. The molecule has 3 N–H and O–H groups in total. The number of halogens is 1. The van der Waals surface area contributed by atoms with Gasteiger partial charge >= 0.3 is 0 Å². The van der Waals surface area contributed by atoms with Gasteiger partial charge < -0.3 is 11.1 Å². The molecule has 2 rings (SSSR count). The minimum atomic E-state index is -0.105. The first kappa shape index (κ1) is 13.1. The second-order valence-electron chi connectivity index (χ2n) is 3.98. The molecule has 0 spiro atoms. The first-order valence-corrected chi connectivity index (χ1v) is 7.16. The summed E-state index contributed by atoms with van der Waals surface area (Å²) >= 11 is 4.96. The summed E-state index contributed by atoms with van der Waals surface area (Å²) in [6.07, 6.45) is 0. The lowest BCUT2D eigenvalue weighted by Gasteiger charge is -2.10. The number of benzene rings is 1. The number of nitrogens with one attached hydrogen (secondary N) is 1. The van der Waals surface area contributed by atoms with E-state index in [1.807, 2.05) is 23.8 Å². The molecule has 0 aliphatic carbocycles. The lowest BCUT2D eigenvalue weighted by atomic mass is 10.1. The van der Waals surface area contributed by atoms with Gasteiger partial charge in [0.15, 0.2) is 0 Å². The molecule has 1 heterocycles. The van der Waals surface area contributed by atoms with Crippen LogP contribution in [0.3, 0.4) is 0 Å². The summed E-state index contributed by atoms with van der Waals surface area (Å²) in [6, 6.07) is 5.58. The van der Waals surface area contributed by atoms with E-state index in [0.717, 1.165) is 15.6 Å². The zero-order chi connectivity index (χ0) is 13.1. The van der Waals surface area contributed by atoms with Crippen molar-refractivity contribution in [1.29, 1.82) is 0 Å². The number of amides is 1. The molecule has 0 saturated heterocycles. The van der Waals surface area contributed by atoms with E-state index >= 15 is 0 Å². The van der Waals surface area contributed by atoms with Crippen molar-refractivity contribution in [1.82, 2.24) is 5.32 Å². The molecule has 0 fully saturated rings. The van der Waals surface area contributed by atoms with Crippen LogP contribution in [0.15, 0.2) is 33.4 Å². The maximum Gasteiger partial charge on any atom is 0.251 e. The first-order chi connectivity index (χ1) is 8.58. The van der Waals surface area contributed by atoms with Gasteiger partial charge in [0, 0.05) is 22.3 Å². The molecule has 0 bridgehead atoms. The lowest BCUT2D eigenvalue weighted by molar-refractivity contribution is 0.0950. The molecule has 18 heavy (non-hydrogen) atoms. The molecule has 0 saturated carbocycles. The van der Waals surface area contributed by atoms with Crippen molar-refractivity contribution in [2.75, 3.05) is 5.73 Å². The summed E-state index contributed by atoms with van der Waals surface area (Å²) in [5, 5.41) is 6.89. The predicted molar refractivity (Wildman–Crippen MR) is 78.8 cm³/mol. The minimum Gasteiger partial charge on any atom is -0.398 e. The highest BCUT2D eigenvalue weighted by Gasteiger charge is 2.11. The second kappa shape index (κ2) is 5.54. The average Bonchev–Trinajstić information content (AvgIpc) is 2.83. The Morgan fingerprint density at radius 2 is 2.28 bits per heavy atom. The Balaban J connectivity index is 2.14. The van der Waals surface area contributed by atoms with Crippen LogP contribution in [0.25, 0.3) is 0 Å². The van der Waals surface area contributed by atoms with E-state index in [9.17, 15) is 4.79 Å². The van der Waals surface area contributed by atoms with Crippen molar-refractivity contribution in [3.8, 4) is 0 Å². The van der Waals surface area contributed by atoms with Gasteiger partial charge in [0.25, 0.3) is 5.91 Å². The average molecular weight is 325 g/mol. The van der Waals surface area contributed by atoms with Crippen LogP contribution in [-0.4, -0.2) is 5.91 Å². The van der Waals surface area contributed by atoms with Gasteiger partial charge in [-0.1, -0.05) is 15.9 Å². The summed E-state index contributed by atoms with van der Waals surface area (Å²) in [4.78, 5) is 12.1. The van der Waals surface area contributed by atoms with Crippen LogP contribution in [0.5, 0.6) is 0 Å². The highest BCUT2D eigenvalue weighted by molar-refractivity contribution is 9.10. The molecular formula is C13H13BrN2OS. The highest BCUT2D eigenvalue weighted by Crippen LogP contribution is 2.22. The summed E-state index contributed by atoms with van der Waals surface area (Å²) in [6.45, 7) is 2.38. The maximum atomic E-state index is 12.1. The SMILES string of the molecule is Cc1c(N)cc(Br)cc1C(=O)NCc1ccsc1. The molecular weight excluding hydrogens is 312 g/mol. The highest BCUT2D eigenvalue weighted by atomic mass is 79.9. The molecule has 94 valence electrons. The zero-order valence-corrected chi connectivity index (χ0v) is 12.3. The predicted octanol–water partition coefficient (Wildman–Crippen LogP) is 3.33. The fraction of sp³-hybridized carbons (Fsp3) is 0.154. The lowest BCUT2D eigenvalue weighted by Crippen LogP contribution is -2.23. The van der Waals surface area contributed by atoms with E-state index < -0.39 is 0 Å². The second-order valence-corrected chi connectivity index (χ2v) is 5.68. The van der Waals surface area contributed by atoms with E-state index in [1.54, 1.807) is 23.5 Å². The summed E-state index contributed by atoms with van der Waals surface area (Å²) in [7, 11) is 0. The van der Waals surface area contributed by atoms with E-state index in [2.05, 4.69) is 21.2 Å². The number of carbonyl (C=O) groups is 1. The van der Waals surface area contributed by atoms with Crippen molar-refractivity contribution >= 4 is 38.9 Å². The topological polar surface area (TPSA) is 55.1 Å². The van der Waals surface area contributed by atoms with Crippen molar-refractivity contribution < 1.29 is 4.79 Å². The van der Waals surface area contributed by atoms with Crippen LogP contribution >= 0.6 is 27.3 Å². The maximum absolute atomic E-state index is 12.1. The van der Waals surface area contributed by atoms with Crippen LogP contribution in [0.2, 0.25) is 0 Å². The third-order valence-electron chi connectivity index (χ3n) is 2.69. The fourth-order valence-electron chi connectivity index (χ4n) is 1.61. The first-order valence-electron chi connectivity index (χ1n) is 5.43. The standard InChI is InChI=1S/C13H13BrN2OS/c1-8-11(4-10(14)5-12(8)15)13(17)16-6-9-2-3-18-7-9/h2-5,7H,6,15H2,1H3,(H,16,17). The van der Waals surface area contributed by atoms with Crippen LogP contribution in [0.1, 0.15) is 21.5 Å². The quantitative estimate of drug-likeness (QED) is 0.851. The molecule has 1 aromatic carbocycles. The number of anilines is 1. The minimum absolute atomic E-state index is 0.105. The number of thiophene rings is 1. The molecule has 1 aromatic heterocycles. The smallest absolute Gasteiger partial charge is 0.251 e. The Bertz CT molecular complexity index is 567. The molecule has 0 atom stereocenters. The summed E-state index contributed by atoms with van der Waals surface area (Å²) in [5.74, 6) is -0.105. The zero-order valence-electron chi connectivity index (χ0n) is 9.87. The van der Waals surface area contributed by atoms with Crippen LogP contribution in [0.4, 0.5) is 5.69 Å². The van der Waals surface area contributed by atoms with Crippen LogP contribution < -0.4 is 11.1 Å². The molecule has 1 amide bonds. The van der Waals surface area contributed by atoms with Gasteiger partial charge in [0.05, 0.1) is 0 Å². The number of rotatable bonds is 3. The number of carbonyl (C=O) groups excluding carboxylic acids is 1. The van der Waals surface area contributed by atoms with Gasteiger partial charge in [-0.05, 0) is 47.0 Å². The molecule has 3 nitrogen and oxygen atoms in total. The number of hydrogen-bond donors (Lipinski definition) is 2. The molecule has 0 unspecified atom stereocenters. The van der Waals surface area contributed by atoms with Gasteiger partial charge in [-0.2, -0.15) is 11.3 Å². The van der Waals surface area contributed by atoms with E-state index in [-0.39, 0.29) is 5.91 Å². The molecule has 0 aliphatic heterocycles. The Hall–Kier alpha value is -1.33. The van der Waals surface area contributed by atoms with Gasteiger partial charge in [-0.3, -0.25) is 4.79 Å². The van der Waals surface area contributed by atoms with Gasteiger partial charge in [0.1, 0.15) is 0 Å². The monoisotopic (exact) mass is 324 g/mol. The van der Waals surface area contributed by atoms with Gasteiger partial charge in [-0.15, -0.1) is 0 Å². The number of nitrogens with two attached hydrogens (primary N) is 1. The third kappa shape index (κ3) is 2.91. The van der Waals surface area contributed by atoms with E-state index in [0.29, 0.717) is 17.8 Å². The van der Waals surface area contributed by atoms with Gasteiger partial charge in [0.2, 0.25) is 0 Å². The largest absolute Gasteiger partial charge is 0.398 e. The van der Waals surface area contributed by atoms with E-state index in [1.165, 1.54) is 0 Å². The molecule has 0 aliphatic rings. The summed E-state index contributed by atoms with van der Waals surface area (Å²) < 4.78 is 0.811. The Kier molecular flexibility index (Phi) is 4.04. The molecule has 5 heteroatoms. The van der Waals surface area contributed by atoms with E-state index in [4.69, 9.17) is 5.73 Å². The van der Waals surface area contributed by atoms with Crippen LogP contribution in [-0.2, 0) is 6.54 Å². The third-order valence-corrected chi connectivity index (χ3v) is 3.88. The van der Waals surface area contributed by atoms with Crippen molar-refractivity contribution in [2.24, 2.45) is 0 Å². The van der Waals surface area contributed by atoms with Crippen LogP contribution in [0, 0.1) is 6.92 Å². The van der Waals surface area contributed by atoms with Gasteiger partial charge in [-0.25, -0.2) is 0 Å². The Morgan fingerprint density at radius 1 is 1.50 bits per heavy atom. The summed E-state index contributed by atoms with van der Waals surface area (Å²) in [5.41, 5.74) is 8.98. The normalized spacial score (nSPS) is 10.3. The Labute approximate surface area is 118 Å². The van der Waals surface area contributed by atoms with Crippen molar-refractivity contribution in [3.63, 3.8) is 0 Å². The molecule has 0 radical (unpaired) electrons. The number of nitrogen functional groups attached to an aromatic ring is 1.